The van der Waals surface area contributed by atoms with Crippen LogP contribution in [0, 0.1) is 17.8 Å². The van der Waals surface area contributed by atoms with E-state index in [0.29, 0.717) is 31.2 Å². The molecular weight excluding hydrogens is 426 g/mol. The van der Waals surface area contributed by atoms with E-state index in [1.807, 2.05) is 42.5 Å². The minimum absolute atomic E-state index is 0.0939. The standard InChI is InChI=1S/C28H37N3O3/c1-20(2)23-12-14-24(15-13-23)27(33)31-25(18-21-8-4-3-5-9-21)26(32)28(34)30-17-7-11-22-10-6-16-29-19-22/h3-6,8-10,16,19-20,23-25H,7,11-15,17-18H2,1-2H3,(H,30,34)(H,31,33)/t23?,24?,25-/m0/s1. The number of carbonyl (C=O) groups excluding carboxylic acids is 3. The van der Waals surface area contributed by atoms with Crippen LogP contribution in [-0.2, 0) is 27.2 Å². The molecule has 1 aromatic heterocycles. The third-order valence-corrected chi connectivity index (χ3v) is 6.88. The van der Waals surface area contributed by atoms with Crippen molar-refractivity contribution in [3.63, 3.8) is 0 Å². The molecule has 1 aliphatic rings. The Bertz CT molecular complexity index is 922. The molecule has 3 rings (SSSR count). The van der Waals surface area contributed by atoms with Gasteiger partial charge in [-0.1, -0.05) is 50.2 Å². The molecule has 1 aliphatic carbocycles. The van der Waals surface area contributed by atoms with Crippen LogP contribution in [0.25, 0.3) is 0 Å². The third kappa shape index (κ3) is 7.79. The predicted octanol–water partition coefficient (Wildman–Crippen LogP) is 3.89. The van der Waals surface area contributed by atoms with Gasteiger partial charge in [0.15, 0.2) is 0 Å². The van der Waals surface area contributed by atoms with Gasteiger partial charge in [-0.05, 0) is 67.6 Å². The van der Waals surface area contributed by atoms with Crippen molar-refractivity contribution in [1.82, 2.24) is 15.6 Å². The normalized spacial score (nSPS) is 18.8. The first-order valence-corrected chi connectivity index (χ1v) is 12.5. The topological polar surface area (TPSA) is 88.2 Å². The molecule has 1 saturated carbocycles. The molecule has 0 radical (unpaired) electrons. The average Bonchev–Trinajstić information content (AvgIpc) is 2.87. The molecule has 1 heterocycles. The number of pyridine rings is 1. The molecule has 1 fully saturated rings. The van der Waals surface area contributed by atoms with Gasteiger partial charge in [-0.2, -0.15) is 0 Å². The van der Waals surface area contributed by atoms with Gasteiger partial charge in [0, 0.05) is 31.3 Å². The van der Waals surface area contributed by atoms with Gasteiger partial charge >= 0.3 is 0 Å². The summed E-state index contributed by atoms with van der Waals surface area (Å²) in [6.07, 6.45) is 9.03. The van der Waals surface area contributed by atoms with Crippen molar-refractivity contribution < 1.29 is 14.4 Å². The number of nitrogens with zero attached hydrogens (tertiary/aromatic N) is 1. The minimum Gasteiger partial charge on any atom is -0.349 e. The van der Waals surface area contributed by atoms with Crippen molar-refractivity contribution in [3.05, 3.63) is 66.0 Å². The van der Waals surface area contributed by atoms with Crippen LogP contribution in [0.4, 0.5) is 0 Å². The zero-order valence-electron chi connectivity index (χ0n) is 20.3. The van der Waals surface area contributed by atoms with E-state index < -0.39 is 17.7 Å². The Morgan fingerprint density at radius 3 is 2.32 bits per heavy atom. The lowest BCUT2D eigenvalue weighted by Crippen LogP contribution is -2.50. The quantitative estimate of drug-likeness (QED) is 0.391. The van der Waals surface area contributed by atoms with Crippen molar-refractivity contribution >= 4 is 17.6 Å². The summed E-state index contributed by atoms with van der Waals surface area (Å²) < 4.78 is 0. The molecule has 2 N–H and O–H groups in total. The predicted molar refractivity (Wildman–Crippen MR) is 133 cm³/mol. The van der Waals surface area contributed by atoms with Gasteiger partial charge in [-0.25, -0.2) is 0 Å². The molecule has 0 spiro atoms. The SMILES string of the molecule is CC(C)C1CCC(C(=O)N[C@@H](Cc2ccccc2)C(=O)C(=O)NCCCc2cccnc2)CC1. The van der Waals surface area contributed by atoms with E-state index in [-0.39, 0.29) is 11.8 Å². The Balaban J connectivity index is 1.56. The van der Waals surface area contributed by atoms with Gasteiger partial charge in [0.2, 0.25) is 11.7 Å². The average molecular weight is 464 g/mol. The summed E-state index contributed by atoms with van der Waals surface area (Å²) in [6, 6.07) is 12.5. The number of aryl methyl sites for hydroxylation is 1. The van der Waals surface area contributed by atoms with Crippen LogP contribution in [-0.4, -0.2) is 35.2 Å². The van der Waals surface area contributed by atoms with E-state index in [9.17, 15) is 14.4 Å². The highest BCUT2D eigenvalue weighted by Crippen LogP contribution is 2.33. The molecule has 6 heteroatoms. The van der Waals surface area contributed by atoms with Crippen molar-refractivity contribution in [2.24, 2.45) is 17.8 Å². The fourth-order valence-electron chi connectivity index (χ4n) is 4.68. The maximum absolute atomic E-state index is 13.0. The van der Waals surface area contributed by atoms with Crippen molar-refractivity contribution in [3.8, 4) is 0 Å². The maximum Gasteiger partial charge on any atom is 0.289 e. The lowest BCUT2D eigenvalue weighted by molar-refractivity contribution is -0.140. The second-order valence-electron chi connectivity index (χ2n) is 9.69. The van der Waals surface area contributed by atoms with E-state index in [1.54, 1.807) is 12.4 Å². The number of carbonyl (C=O) groups is 3. The second kappa shape index (κ2) is 13.0. The van der Waals surface area contributed by atoms with Crippen LogP contribution < -0.4 is 10.6 Å². The zero-order valence-corrected chi connectivity index (χ0v) is 20.3. The molecular formula is C28H37N3O3. The molecule has 1 aromatic carbocycles. The van der Waals surface area contributed by atoms with Gasteiger partial charge < -0.3 is 10.6 Å². The molecule has 182 valence electrons. The summed E-state index contributed by atoms with van der Waals surface area (Å²) in [5, 5.41) is 5.65. The first kappa shape index (κ1) is 25.6. The first-order valence-electron chi connectivity index (χ1n) is 12.5. The summed E-state index contributed by atoms with van der Waals surface area (Å²) in [7, 11) is 0. The molecule has 0 unspecified atom stereocenters. The van der Waals surface area contributed by atoms with E-state index in [4.69, 9.17) is 0 Å². The van der Waals surface area contributed by atoms with Crippen molar-refractivity contribution in [2.45, 2.75) is 64.8 Å². The Kier molecular flexibility index (Phi) is 9.80. The Morgan fingerprint density at radius 2 is 1.68 bits per heavy atom. The molecule has 0 saturated heterocycles. The van der Waals surface area contributed by atoms with E-state index in [2.05, 4.69) is 29.5 Å². The summed E-state index contributed by atoms with van der Waals surface area (Å²) >= 11 is 0. The van der Waals surface area contributed by atoms with Crippen LogP contribution in [0.15, 0.2) is 54.9 Å². The number of hydrogen-bond donors (Lipinski definition) is 2. The van der Waals surface area contributed by atoms with Gasteiger partial charge in [0.25, 0.3) is 5.91 Å². The molecule has 1 atom stereocenters. The number of Topliss-reactive ketones (excluding diaryl/α,β-unsaturated/α-hetero) is 1. The Morgan fingerprint density at radius 1 is 0.971 bits per heavy atom. The monoisotopic (exact) mass is 463 g/mol. The molecule has 0 bridgehead atoms. The van der Waals surface area contributed by atoms with Crippen LogP contribution >= 0.6 is 0 Å². The van der Waals surface area contributed by atoms with Gasteiger partial charge in [0.05, 0.1) is 0 Å². The fraction of sp³-hybridized carbons (Fsp3) is 0.500. The molecule has 34 heavy (non-hydrogen) atoms. The van der Waals surface area contributed by atoms with Crippen LogP contribution in [0.1, 0.15) is 57.1 Å². The fourth-order valence-corrected chi connectivity index (χ4v) is 4.68. The Hall–Kier alpha value is -3.02. The van der Waals surface area contributed by atoms with Crippen LogP contribution in [0.2, 0.25) is 0 Å². The van der Waals surface area contributed by atoms with Crippen LogP contribution in [0.3, 0.4) is 0 Å². The van der Waals surface area contributed by atoms with E-state index in [0.717, 1.165) is 43.2 Å². The second-order valence-corrected chi connectivity index (χ2v) is 9.69. The summed E-state index contributed by atoms with van der Waals surface area (Å²) in [5.74, 6) is -0.156. The molecule has 0 aliphatic heterocycles. The van der Waals surface area contributed by atoms with E-state index in [1.165, 1.54) is 0 Å². The number of aromatic nitrogens is 1. The van der Waals surface area contributed by atoms with Crippen molar-refractivity contribution in [1.29, 1.82) is 0 Å². The highest BCUT2D eigenvalue weighted by molar-refractivity contribution is 6.38. The van der Waals surface area contributed by atoms with Gasteiger partial charge in [-0.3, -0.25) is 19.4 Å². The highest BCUT2D eigenvalue weighted by atomic mass is 16.2. The van der Waals surface area contributed by atoms with E-state index >= 15 is 0 Å². The largest absolute Gasteiger partial charge is 0.349 e. The lowest BCUT2D eigenvalue weighted by atomic mass is 9.76. The molecule has 2 amide bonds. The number of hydrogen-bond acceptors (Lipinski definition) is 4. The zero-order chi connectivity index (χ0) is 24.3. The first-order chi connectivity index (χ1) is 16.4. The smallest absolute Gasteiger partial charge is 0.289 e. The summed E-state index contributed by atoms with van der Waals surface area (Å²) in [6.45, 7) is 4.86. The summed E-state index contributed by atoms with van der Waals surface area (Å²) in [4.78, 5) is 42.8. The van der Waals surface area contributed by atoms with Crippen molar-refractivity contribution in [2.75, 3.05) is 6.54 Å². The number of amides is 2. The molecule has 6 nitrogen and oxygen atoms in total. The number of ketones is 1. The highest BCUT2D eigenvalue weighted by Gasteiger charge is 2.32. The minimum atomic E-state index is -0.865. The lowest BCUT2D eigenvalue weighted by Gasteiger charge is -2.31. The molecule has 2 aromatic rings. The van der Waals surface area contributed by atoms with Gasteiger partial charge in [-0.15, -0.1) is 0 Å². The van der Waals surface area contributed by atoms with Gasteiger partial charge in [0.1, 0.15) is 6.04 Å². The Labute approximate surface area is 202 Å². The third-order valence-electron chi connectivity index (χ3n) is 6.88. The maximum atomic E-state index is 13.0. The summed E-state index contributed by atoms with van der Waals surface area (Å²) in [5.41, 5.74) is 2.00. The number of benzene rings is 1. The number of nitrogens with one attached hydrogen (secondary N) is 2. The van der Waals surface area contributed by atoms with Crippen LogP contribution in [0.5, 0.6) is 0 Å². The number of rotatable bonds is 11.